The molecule has 2 aliphatic rings. The number of amides is 2. The van der Waals surface area contributed by atoms with Crippen LogP contribution in [0.4, 0.5) is 4.79 Å². The van der Waals surface area contributed by atoms with E-state index in [-0.39, 0.29) is 12.6 Å². The molecule has 11 nitrogen and oxygen atoms in total. The maximum Gasteiger partial charge on any atom is 0.317 e. The highest BCUT2D eigenvalue weighted by Gasteiger charge is 2.51. The summed E-state index contributed by atoms with van der Waals surface area (Å²) >= 11 is 0. The predicted molar refractivity (Wildman–Crippen MR) is 96.5 cm³/mol. The van der Waals surface area contributed by atoms with Gasteiger partial charge in [-0.3, -0.25) is 14.4 Å². The molecule has 164 valence electrons. The molecule has 2 rings (SSSR count). The van der Waals surface area contributed by atoms with Gasteiger partial charge in [0, 0.05) is 41.0 Å². The van der Waals surface area contributed by atoms with Crippen molar-refractivity contribution in [1.82, 2.24) is 10.2 Å². The molecule has 0 unspecified atom stereocenters. The number of likely N-dealkylation sites (tertiary alicyclic amines) is 1. The van der Waals surface area contributed by atoms with E-state index in [0.717, 1.165) is 12.8 Å². The summed E-state index contributed by atoms with van der Waals surface area (Å²) in [6, 6.07) is -1.31. The third-order valence-corrected chi connectivity index (χ3v) is 4.62. The van der Waals surface area contributed by atoms with Crippen LogP contribution in [0.2, 0.25) is 0 Å². The monoisotopic (exact) mass is 416 g/mol. The second-order valence-corrected chi connectivity index (χ2v) is 6.90. The normalized spacial score (nSPS) is 29.1. The molecule has 5 atom stereocenters. The third-order valence-electron chi connectivity index (χ3n) is 4.62. The Balaban J connectivity index is 2.29. The zero-order valence-corrected chi connectivity index (χ0v) is 17.0. The molecule has 29 heavy (non-hydrogen) atoms. The van der Waals surface area contributed by atoms with E-state index in [1.807, 2.05) is 0 Å². The molecule has 0 spiro atoms. The lowest BCUT2D eigenvalue weighted by Gasteiger charge is -2.44. The van der Waals surface area contributed by atoms with Crippen molar-refractivity contribution in [3.8, 4) is 0 Å². The Hall–Kier alpha value is -2.40. The van der Waals surface area contributed by atoms with E-state index < -0.39 is 48.6 Å². The summed E-state index contributed by atoms with van der Waals surface area (Å²) in [7, 11) is 1.36. The minimum absolute atomic E-state index is 0.252. The van der Waals surface area contributed by atoms with Crippen molar-refractivity contribution in [2.24, 2.45) is 0 Å². The highest BCUT2D eigenvalue weighted by molar-refractivity contribution is 5.75. The molecule has 0 aromatic rings. The van der Waals surface area contributed by atoms with Crippen molar-refractivity contribution < 1.29 is 42.9 Å². The molecular weight excluding hydrogens is 388 g/mol. The molecule has 0 aliphatic carbocycles. The molecule has 2 amide bonds. The number of rotatable bonds is 6. The Morgan fingerprint density at radius 3 is 2.07 bits per heavy atom. The second kappa shape index (κ2) is 10.4. The number of hydrogen-bond donors (Lipinski definition) is 1. The van der Waals surface area contributed by atoms with Crippen LogP contribution in [0, 0.1) is 0 Å². The van der Waals surface area contributed by atoms with Crippen LogP contribution in [0.1, 0.15) is 33.6 Å². The molecular formula is C18H28N2O9. The summed E-state index contributed by atoms with van der Waals surface area (Å²) in [4.78, 5) is 48.9. The zero-order chi connectivity index (χ0) is 21.6. The molecule has 2 aliphatic heterocycles. The van der Waals surface area contributed by atoms with Crippen LogP contribution in [0.15, 0.2) is 0 Å². The Morgan fingerprint density at radius 1 is 0.966 bits per heavy atom. The SMILES string of the molecule is CO[C@@H]1O[C@H](COC(C)=O)[C@@H](OC(C)=O)[C@H](OC(C)=O)[C@H]1NC(=O)N1CCCC1. The van der Waals surface area contributed by atoms with Crippen molar-refractivity contribution in [2.75, 3.05) is 26.8 Å². The first-order valence-electron chi connectivity index (χ1n) is 9.44. The molecule has 0 aromatic carbocycles. The average Bonchev–Trinajstić information content (AvgIpc) is 3.17. The largest absolute Gasteiger partial charge is 0.463 e. The van der Waals surface area contributed by atoms with Crippen LogP contribution < -0.4 is 5.32 Å². The standard InChI is InChI=1S/C18H28N2O9/c1-10(21)26-9-13-15(27-11(2)22)16(28-12(3)23)14(17(25-4)29-13)19-18(24)20-7-5-6-8-20/h13-17H,5-9H2,1-4H3,(H,19,24)/t13-,14-,15-,16-,17-/m1/s1. The topological polar surface area (TPSA) is 130 Å². The number of carbonyl (C=O) groups excluding carboxylic acids is 4. The Morgan fingerprint density at radius 2 is 1.55 bits per heavy atom. The molecule has 0 radical (unpaired) electrons. The number of methoxy groups -OCH3 is 1. The van der Waals surface area contributed by atoms with E-state index in [4.69, 9.17) is 23.7 Å². The van der Waals surface area contributed by atoms with E-state index in [1.54, 1.807) is 4.90 Å². The van der Waals surface area contributed by atoms with E-state index in [1.165, 1.54) is 27.9 Å². The van der Waals surface area contributed by atoms with Crippen LogP contribution >= 0.6 is 0 Å². The van der Waals surface area contributed by atoms with Gasteiger partial charge in [-0.1, -0.05) is 0 Å². The van der Waals surface area contributed by atoms with E-state index in [9.17, 15) is 19.2 Å². The maximum absolute atomic E-state index is 12.6. The van der Waals surface area contributed by atoms with Crippen LogP contribution in [-0.2, 0) is 38.1 Å². The molecule has 0 aromatic heterocycles. The van der Waals surface area contributed by atoms with Gasteiger partial charge in [0.2, 0.25) is 0 Å². The number of ether oxygens (including phenoxy) is 5. The molecule has 1 N–H and O–H groups in total. The molecule has 0 saturated carbocycles. The highest BCUT2D eigenvalue weighted by atomic mass is 16.7. The Kier molecular flexibility index (Phi) is 8.21. The van der Waals surface area contributed by atoms with E-state index in [2.05, 4.69) is 5.32 Å². The fourth-order valence-electron chi connectivity index (χ4n) is 3.41. The fourth-order valence-corrected chi connectivity index (χ4v) is 3.41. The predicted octanol–water partition coefficient (Wildman–Crippen LogP) is -0.0418. The lowest BCUT2D eigenvalue weighted by atomic mass is 9.96. The number of nitrogens with one attached hydrogen (secondary N) is 1. The lowest BCUT2D eigenvalue weighted by Crippen LogP contribution is -2.67. The van der Waals surface area contributed by atoms with Gasteiger partial charge in [0.1, 0.15) is 18.8 Å². The minimum Gasteiger partial charge on any atom is -0.463 e. The average molecular weight is 416 g/mol. The second-order valence-electron chi connectivity index (χ2n) is 6.90. The van der Waals surface area contributed by atoms with Gasteiger partial charge < -0.3 is 33.9 Å². The summed E-state index contributed by atoms with van der Waals surface area (Å²) in [6.07, 6.45) is -2.42. The van der Waals surface area contributed by atoms with Crippen molar-refractivity contribution in [3.05, 3.63) is 0 Å². The van der Waals surface area contributed by atoms with Crippen LogP contribution in [0.25, 0.3) is 0 Å². The molecule has 2 fully saturated rings. The van der Waals surface area contributed by atoms with Gasteiger partial charge in [-0.05, 0) is 12.8 Å². The van der Waals surface area contributed by atoms with Crippen molar-refractivity contribution in [3.63, 3.8) is 0 Å². The summed E-state index contributed by atoms with van der Waals surface area (Å²) in [5.74, 6) is -1.85. The summed E-state index contributed by atoms with van der Waals surface area (Å²) in [6.45, 7) is 4.57. The van der Waals surface area contributed by atoms with Gasteiger partial charge in [0.15, 0.2) is 18.5 Å². The van der Waals surface area contributed by atoms with Crippen LogP contribution in [-0.4, -0.2) is 86.3 Å². The third kappa shape index (κ3) is 6.29. The maximum atomic E-state index is 12.6. The highest BCUT2D eigenvalue weighted by Crippen LogP contribution is 2.28. The summed E-state index contributed by atoms with van der Waals surface area (Å²) < 4.78 is 26.8. The van der Waals surface area contributed by atoms with E-state index >= 15 is 0 Å². The Bertz CT molecular complexity index is 620. The minimum atomic E-state index is -1.12. The van der Waals surface area contributed by atoms with Gasteiger partial charge in [0.25, 0.3) is 0 Å². The quantitative estimate of drug-likeness (QED) is 0.468. The fraction of sp³-hybridized carbons (Fsp3) is 0.778. The van der Waals surface area contributed by atoms with Gasteiger partial charge in [0.05, 0.1) is 0 Å². The molecule has 2 heterocycles. The van der Waals surface area contributed by atoms with Crippen LogP contribution in [0.5, 0.6) is 0 Å². The van der Waals surface area contributed by atoms with Crippen molar-refractivity contribution >= 4 is 23.9 Å². The lowest BCUT2D eigenvalue weighted by molar-refractivity contribution is -0.270. The first-order chi connectivity index (χ1) is 13.7. The molecule has 2 saturated heterocycles. The van der Waals surface area contributed by atoms with Gasteiger partial charge in [-0.2, -0.15) is 0 Å². The Labute approximate surface area is 168 Å². The number of nitrogens with zero attached hydrogens (tertiary/aromatic N) is 1. The summed E-state index contributed by atoms with van der Waals surface area (Å²) in [5, 5.41) is 2.77. The zero-order valence-electron chi connectivity index (χ0n) is 17.0. The van der Waals surface area contributed by atoms with Crippen LogP contribution in [0.3, 0.4) is 0 Å². The number of carbonyl (C=O) groups is 4. The van der Waals surface area contributed by atoms with E-state index in [0.29, 0.717) is 13.1 Å². The number of esters is 3. The van der Waals surface area contributed by atoms with Gasteiger partial charge in [-0.25, -0.2) is 4.79 Å². The first-order valence-corrected chi connectivity index (χ1v) is 9.44. The molecule has 0 bridgehead atoms. The molecule has 11 heteroatoms. The smallest absolute Gasteiger partial charge is 0.317 e. The first kappa shape index (κ1) is 22.9. The number of urea groups is 1. The van der Waals surface area contributed by atoms with Gasteiger partial charge >= 0.3 is 23.9 Å². The van der Waals surface area contributed by atoms with Gasteiger partial charge in [-0.15, -0.1) is 0 Å². The van der Waals surface area contributed by atoms with Crippen molar-refractivity contribution in [1.29, 1.82) is 0 Å². The number of hydrogen-bond acceptors (Lipinski definition) is 9. The summed E-state index contributed by atoms with van der Waals surface area (Å²) in [5.41, 5.74) is 0. The van der Waals surface area contributed by atoms with Crippen molar-refractivity contribution in [2.45, 2.75) is 64.3 Å².